The molecule has 4 nitrogen and oxygen atoms in total. The minimum atomic E-state index is -0.731. The largest absolute Gasteiger partial charge is 0.351 e. The van der Waals surface area contributed by atoms with E-state index in [1.54, 1.807) is 19.1 Å². The van der Waals surface area contributed by atoms with Crippen molar-refractivity contribution in [2.45, 2.75) is 45.1 Å². The molecule has 1 aromatic heterocycles. The van der Waals surface area contributed by atoms with Crippen LogP contribution in [0.3, 0.4) is 0 Å². The molecule has 132 valence electrons. The molecule has 1 aliphatic carbocycles. The number of amides is 1. The van der Waals surface area contributed by atoms with Gasteiger partial charge in [0.25, 0.3) is 5.91 Å². The molecule has 1 saturated carbocycles. The van der Waals surface area contributed by atoms with Crippen molar-refractivity contribution >= 4 is 17.3 Å². The molecule has 2 N–H and O–H groups in total. The summed E-state index contributed by atoms with van der Waals surface area (Å²) in [6, 6.07) is 4.72. The van der Waals surface area contributed by atoms with Gasteiger partial charge in [-0.05, 0) is 37.5 Å². The van der Waals surface area contributed by atoms with E-state index in [9.17, 15) is 13.6 Å². The lowest BCUT2D eigenvalue weighted by Crippen LogP contribution is -2.37. The maximum Gasteiger partial charge on any atom is 0.256 e. The standard InChI is InChI=1S/C19H21F2N3O/c1-12-7-8-16(14(20)9-12)24-17-11-22-10-15(21)18(17)19(25)23-13-5-3-2-4-6-13/h7-11,13,24H,2-6H2,1H3,(H,23,25). The summed E-state index contributed by atoms with van der Waals surface area (Å²) >= 11 is 0. The van der Waals surface area contributed by atoms with Crippen LogP contribution in [0.15, 0.2) is 30.6 Å². The number of pyridine rings is 1. The Kier molecular flexibility index (Phi) is 5.26. The number of carbonyl (C=O) groups is 1. The molecule has 6 heteroatoms. The Morgan fingerprint density at radius 2 is 1.84 bits per heavy atom. The minimum absolute atomic E-state index is 0.0535. The highest BCUT2D eigenvalue weighted by Crippen LogP contribution is 2.26. The number of aryl methyl sites for hydroxylation is 1. The number of hydrogen-bond donors (Lipinski definition) is 2. The van der Waals surface area contributed by atoms with Gasteiger partial charge in [-0.2, -0.15) is 0 Å². The van der Waals surface area contributed by atoms with Crippen LogP contribution in [0.5, 0.6) is 0 Å². The van der Waals surface area contributed by atoms with Crippen LogP contribution in [0.2, 0.25) is 0 Å². The zero-order chi connectivity index (χ0) is 17.8. The van der Waals surface area contributed by atoms with Crippen molar-refractivity contribution < 1.29 is 13.6 Å². The van der Waals surface area contributed by atoms with Gasteiger partial charge in [-0.25, -0.2) is 8.78 Å². The van der Waals surface area contributed by atoms with Crippen molar-refractivity contribution in [3.63, 3.8) is 0 Å². The average Bonchev–Trinajstić information content (AvgIpc) is 2.58. The first kappa shape index (κ1) is 17.3. The van der Waals surface area contributed by atoms with E-state index < -0.39 is 17.5 Å². The molecule has 0 unspecified atom stereocenters. The Hall–Kier alpha value is -2.50. The second kappa shape index (κ2) is 7.59. The first-order valence-electron chi connectivity index (χ1n) is 8.52. The zero-order valence-corrected chi connectivity index (χ0v) is 14.1. The lowest BCUT2D eigenvalue weighted by molar-refractivity contribution is 0.0924. The maximum absolute atomic E-state index is 14.3. The van der Waals surface area contributed by atoms with Gasteiger partial charge < -0.3 is 10.6 Å². The minimum Gasteiger partial charge on any atom is -0.351 e. The summed E-state index contributed by atoms with van der Waals surface area (Å²) < 4.78 is 28.3. The number of hydrogen-bond acceptors (Lipinski definition) is 3. The monoisotopic (exact) mass is 345 g/mol. The number of nitrogens with zero attached hydrogens (tertiary/aromatic N) is 1. The number of anilines is 2. The Labute approximate surface area is 145 Å². The summed E-state index contributed by atoms with van der Waals surface area (Å²) in [7, 11) is 0. The van der Waals surface area contributed by atoms with Gasteiger partial charge in [-0.15, -0.1) is 0 Å². The van der Waals surface area contributed by atoms with E-state index in [1.807, 2.05) is 0 Å². The third kappa shape index (κ3) is 4.13. The topological polar surface area (TPSA) is 54.0 Å². The van der Waals surface area contributed by atoms with Crippen LogP contribution in [0.1, 0.15) is 48.0 Å². The zero-order valence-electron chi connectivity index (χ0n) is 14.1. The fraction of sp³-hybridized carbons (Fsp3) is 0.368. The maximum atomic E-state index is 14.3. The van der Waals surface area contributed by atoms with E-state index in [0.29, 0.717) is 0 Å². The molecule has 1 amide bonds. The van der Waals surface area contributed by atoms with Gasteiger partial charge >= 0.3 is 0 Å². The Morgan fingerprint density at radius 1 is 1.08 bits per heavy atom. The predicted molar refractivity (Wildman–Crippen MR) is 93.0 cm³/mol. The Morgan fingerprint density at radius 3 is 2.56 bits per heavy atom. The second-order valence-electron chi connectivity index (χ2n) is 6.46. The third-order valence-corrected chi connectivity index (χ3v) is 4.46. The van der Waals surface area contributed by atoms with Crippen LogP contribution in [-0.4, -0.2) is 16.9 Å². The Bertz CT molecular complexity index is 773. The molecule has 0 radical (unpaired) electrons. The number of rotatable bonds is 4. The summed E-state index contributed by atoms with van der Waals surface area (Å²) in [4.78, 5) is 16.3. The number of aromatic nitrogens is 1. The van der Waals surface area contributed by atoms with Gasteiger partial charge in [0.2, 0.25) is 0 Å². The molecular formula is C19H21F2N3O. The predicted octanol–water partition coefficient (Wildman–Crippen LogP) is 4.47. The van der Waals surface area contributed by atoms with Gasteiger partial charge in [0.05, 0.1) is 23.8 Å². The summed E-state index contributed by atoms with van der Waals surface area (Å²) in [6.07, 6.45) is 7.40. The van der Waals surface area contributed by atoms with E-state index >= 15 is 0 Å². The van der Waals surface area contributed by atoms with E-state index in [2.05, 4.69) is 15.6 Å². The van der Waals surface area contributed by atoms with Gasteiger partial charge in [-0.3, -0.25) is 9.78 Å². The van der Waals surface area contributed by atoms with Crippen molar-refractivity contribution in [2.24, 2.45) is 0 Å². The lowest BCUT2D eigenvalue weighted by atomic mass is 9.95. The molecule has 0 saturated heterocycles. The van der Waals surface area contributed by atoms with Crippen LogP contribution >= 0.6 is 0 Å². The van der Waals surface area contributed by atoms with Crippen molar-refractivity contribution in [3.8, 4) is 0 Å². The highest BCUT2D eigenvalue weighted by molar-refractivity contribution is 6.00. The quantitative estimate of drug-likeness (QED) is 0.859. The average molecular weight is 345 g/mol. The fourth-order valence-electron chi connectivity index (χ4n) is 3.13. The number of nitrogens with one attached hydrogen (secondary N) is 2. The van der Waals surface area contributed by atoms with Gasteiger partial charge in [-0.1, -0.05) is 25.3 Å². The normalized spacial score (nSPS) is 15.0. The summed E-state index contributed by atoms with van der Waals surface area (Å²) in [5, 5.41) is 5.67. The van der Waals surface area contributed by atoms with Crippen LogP contribution < -0.4 is 10.6 Å². The molecule has 3 rings (SSSR count). The number of carbonyl (C=O) groups excluding carboxylic acids is 1. The van der Waals surface area contributed by atoms with Crippen molar-refractivity contribution in [1.82, 2.24) is 10.3 Å². The summed E-state index contributed by atoms with van der Waals surface area (Å²) in [5.74, 6) is -1.70. The molecule has 25 heavy (non-hydrogen) atoms. The van der Waals surface area contributed by atoms with E-state index in [4.69, 9.17) is 0 Å². The summed E-state index contributed by atoms with van der Waals surface area (Å²) in [5.41, 5.74) is 0.956. The molecule has 1 aromatic carbocycles. The van der Waals surface area contributed by atoms with E-state index in [-0.39, 0.29) is 23.0 Å². The molecule has 1 aliphatic rings. The molecule has 1 fully saturated rings. The first-order chi connectivity index (χ1) is 12.0. The van der Waals surface area contributed by atoms with Crippen LogP contribution in [0, 0.1) is 18.6 Å². The van der Waals surface area contributed by atoms with Crippen LogP contribution in [0.4, 0.5) is 20.2 Å². The molecule has 0 aliphatic heterocycles. The van der Waals surface area contributed by atoms with Crippen LogP contribution in [0.25, 0.3) is 0 Å². The molecule has 0 spiro atoms. The SMILES string of the molecule is Cc1ccc(Nc2cncc(F)c2C(=O)NC2CCCCC2)c(F)c1. The molecule has 0 atom stereocenters. The van der Waals surface area contributed by atoms with Crippen molar-refractivity contribution in [3.05, 3.63) is 53.4 Å². The van der Waals surface area contributed by atoms with Gasteiger partial charge in [0, 0.05) is 6.04 Å². The van der Waals surface area contributed by atoms with Crippen molar-refractivity contribution in [2.75, 3.05) is 5.32 Å². The van der Waals surface area contributed by atoms with Gasteiger partial charge in [0.15, 0.2) is 5.82 Å². The molecule has 1 heterocycles. The number of benzene rings is 1. The second-order valence-corrected chi connectivity index (χ2v) is 6.46. The molecular weight excluding hydrogens is 324 g/mol. The Balaban J connectivity index is 1.84. The highest BCUT2D eigenvalue weighted by Gasteiger charge is 2.22. The van der Waals surface area contributed by atoms with Gasteiger partial charge in [0.1, 0.15) is 11.4 Å². The van der Waals surface area contributed by atoms with Crippen LogP contribution in [-0.2, 0) is 0 Å². The van der Waals surface area contributed by atoms with Crippen molar-refractivity contribution in [1.29, 1.82) is 0 Å². The third-order valence-electron chi connectivity index (χ3n) is 4.46. The molecule has 0 bridgehead atoms. The van der Waals surface area contributed by atoms with E-state index in [0.717, 1.165) is 43.9 Å². The van der Waals surface area contributed by atoms with E-state index in [1.165, 1.54) is 12.3 Å². The number of halogens is 2. The molecule has 2 aromatic rings. The first-order valence-corrected chi connectivity index (χ1v) is 8.52. The summed E-state index contributed by atoms with van der Waals surface area (Å²) in [6.45, 7) is 1.78. The fourth-order valence-corrected chi connectivity index (χ4v) is 3.13. The highest BCUT2D eigenvalue weighted by atomic mass is 19.1. The smallest absolute Gasteiger partial charge is 0.256 e. The lowest BCUT2D eigenvalue weighted by Gasteiger charge is -2.23.